The first-order valence-electron chi connectivity index (χ1n) is 5.60. The Labute approximate surface area is 99.1 Å². The Morgan fingerprint density at radius 2 is 2.41 bits per heavy atom. The molecule has 2 rings (SSSR count). The van der Waals surface area contributed by atoms with Crippen LogP contribution in [0.2, 0.25) is 0 Å². The van der Waals surface area contributed by atoms with E-state index in [1.165, 1.54) is 0 Å². The molecule has 17 heavy (non-hydrogen) atoms. The standard InChI is InChI=1S/C10H17N5O2/c1-7-13-9(17-15-7)5-12-6-10(2-3-10)4-8(11)14-16/h12,16H,2-6H2,1H3,(H2,11,14). The monoisotopic (exact) mass is 239 g/mol. The van der Waals surface area contributed by atoms with Gasteiger partial charge in [0.15, 0.2) is 5.82 Å². The summed E-state index contributed by atoms with van der Waals surface area (Å²) in [5.74, 6) is 1.51. The molecule has 0 atom stereocenters. The van der Waals surface area contributed by atoms with Crippen LogP contribution >= 0.6 is 0 Å². The summed E-state index contributed by atoms with van der Waals surface area (Å²) < 4.78 is 4.99. The summed E-state index contributed by atoms with van der Waals surface area (Å²) in [5, 5.41) is 18.5. The molecule has 0 amide bonds. The predicted molar refractivity (Wildman–Crippen MR) is 60.4 cm³/mol. The summed E-state index contributed by atoms with van der Waals surface area (Å²) in [5.41, 5.74) is 5.66. The highest BCUT2D eigenvalue weighted by molar-refractivity contribution is 5.80. The largest absolute Gasteiger partial charge is 0.409 e. The van der Waals surface area contributed by atoms with Gasteiger partial charge in [-0.05, 0) is 25.2 Å². The van der Waals surface area contributed by atoms with Crippen molar-refractivity contribution in [3.8, 4) is 0 Å². The molecule has 7 heteroatoms. The van der Waals surface area contributed by atoms with Crippen LogP contribution in [0.25, 0.3) is 0 Å². The first-order chi connectivity index (χ1) is 8.13. The summed E-state index contributed by atoms with van der Waals surface area (Å²) in [7, 11) is 0. The number of nitrogens with one attached hydrogen (secondary N) is 1. The van der Waals surface area contributed by atoms with Crippen LogP contribution in [-0.2, 0) is 6.54 Å². The Kier molecular flexibility index (Phi) is 3.28. The maximum atomic E-state index is 8.54. The van der Waals surface area contributed by atoms with Crippen molar-refractivity contribution >= 4 is 5.84 Å². The van der Waals surface area contributed by atoms with Gasteiger partial charge >= 0.3 is 0 Å². The Hall–Kier alpha value is -1.63. The summed E-state index contributed by atoms with van der Waals surface area (Å²) >= 11 is 0. The first-order valence-corrected chi connectivity index (χ1v) is 5.60. The Morgan fingerprint density at radius 1 is 1.65 bits per heavy atom. The molecule has 1 aliphatic carbocycles. The van der Waals surface area contributed by atoms with Crippen molar-refractivity contribution in [2.24, 2.45) is 16.3 Å². The summed E-state index contributed by atoms with van der Waals surface area (Å²) in [6.07, 6.45) is 2.82. The topological polar surface area (TPSA) is 110 Å². The molecule has 1 saturated carbocycles. The van der Waals surface area contributed by atoms with Gasteiger partial charge in [0.2, 0.25) is 5.89 Å². The Bertz CT molecular complexity index is 411. The van der Waals surface area contributed by atoms with Gasteiger partial charge in [-0.1, -0.05) is 10.3 Å². The molecule has 0 radical (unpaired) electrons. The summed E-state index contributed by atoms with van der Waals surface area (Å²) in [6, 6.07) is 0. The van der Waals surface area contributed by atoms with Crippen molar-refractivity contribution in [2.45, 2.75) is 32.7 Å². The van der Waals surface area contributed by atoms with Crippen LogP contribution in [0.1, 0.15) is 31.0 Å². The van der Waals surface area contributed by atoms with Gasteiger partial charge < -0.3 is 20.8 Å². The number of hydrogen-bond donors (Lipinski definition) is 3. The van der Waals surface area contributed by atoms with Crippen LogP contribution in [0.4, 0.5) is 0 Å². The lowest BCUT2D eigenvalue weighted by Gasteiger charge is -2.13. The number of hydrogen-bond acceptors (Lipinski definition) is 6. The van der Waals surface area contributed by atoms with E-state index in [9.17, 15) is 0 Å². The van der Waals surface area contributed by atoms with Crippen LogP contribution in [-0.4, -0.2) is 27.7 Å². The number of oxime groups is 1. The average molecular weight is 239 g/mol. The van der Waals surface area contributed by atoms with Crippen LogP contribution in [0.3, 0.4) is 0 Å². The van der Waals surface area contributed by atoms with Crippen molar-refractivity contribution in [3.63, 3.8) is 0 Å². The molecule has 4 N–H and O–H groups in total. The van der Waals surface area contributed by atoms with Gasteiger partial charge in [-0.2, -0.15) is 4.98 Å². The molecule has 1 fully saturated rings. The fourth-order valence-corrected chi connectivity index (χ4v) is 1.86. The quantitative estimate of drug-likeness (QED) is 0.286. The molecule has 0 bridgehead atoms. The lowest BCUT2D eigenvalue weighted by atomic mass is 10.0. The molecule has 1 aromatic heterocycles. The normalized spacial score (nSPS) is 18.3. The number of nitrogens with zero attached hydrogens (tertiary/aromatic N) is 3. The van der Waals surface area contributed by atoms with E-state index >= 15 is 0 Å². The highest BCUT2D eigenvalue weighted by Crippen LogP contribution is 2.48. The minimum absolute atomic E-state index is 0.144. The molecule has 1 heterocycles. The van der Waals surface area contributed by atoms with Gasteiger partial charge in [-0.3, -0.25) is 0 Å². The molecule has 94 valence electrons. The van der Waals surface area contributed by atoms with Crippen LogP contribution in [0.5, 0.6) is 0 Å². The van der Waals surface area contributed by atoms with E-state index in [4.69, 9.17) is 15.5 Å². The zero-order valence-corrected chi connectivity index (χ0v) is 9.81. The van der Waals surface area contributed by atoms with Gasteiger partial charge in [0, 0.05) is 13.0 Å². The van der Waals surface area contributed by atoms with E-state index in [2.05, 4.69) is 20.6 Å². The Morgan fingerprint density at radius 3 is 2.94 bits per heavy atom. The molecule has 1 aromatic rings. The smallest absolute Gasteiger partial charge is 0.240 e. The maximum Gasteiger partial charge on any atom is 0.240 e. The molecule has 0 aromatic carbocycles. The van der Waals surface area contributed by atoms with E-state index in [0.717, 1.165) is 19.4 Å². The fraction of sp³-hybridized carbons (Fsp3) is 0.700. The van der Waals surface area contributed by atoms with Crippen LogP contribution in [0.15, 0.2) is 9.68 Å². The number of nitrogens with two attached hydrogens (primary N) is 1. The SMILES string of the molecule is Cc1noc(CNCC2(CC(N)=NO)CC2)n1. The van der Waals surface area contributed by atoms with E-state index < -0.39 is 0 Å². The lowest BCUT2D eigenvalue weighted by Crippen LogP contribution is -2.28. The number of aromatic nitrogens is 2. The van der Waals surface area contributed by atoms with Gasteiger partial charge in [0.1, 0.15) is 5.84 Å². The van der Waals surface area contributed by atoms with Crippen molar-refractivity contribution < 1.29 is 9.73 Å². The maximum absolute atomic E-state index is 8.54. The summed E-state index contributed by atoms with van der Waals surface area (Å²) in [4.78, 5) is 4.10. The van der Waals surface area contributed by atoms with Crippen molar-refractivity contribution in [2.75, 3.05) is 6.54 Å². The highest BCUT2D eigenvalue weighted by Gasteiger charge is 2.42. The molecule has 1 aliphatic rings. The molecule has 0 saturated heterocycles. The minimum Gasteiger partial charge on any atom is -0.409 e. The van der Waals surface area contributed by atoms with Gasteiger partial charge in [-0.25, -0.2) is 0 Å². The molecule has 7 nitrogen and oxygen atoms in total. The molecule has 0 unspecified atom stereocenters. The van der Waals surface area contributed by atoms with Gasteiger partial charge in [-0.15, -0.1) is 0 Å². The fourth-order valence-electron chi connectivity index (χ4n) is 1.86. The molecule has 0 aliphatic heterocycles. The van der Waals surface area contributed by atoms with Crippen molar-refractivity contribution in [1.82, 2.24) is 15.5 Å². The summed E-state index contributed by atoms with van der Waals surface area (Å²) in [6.45, 7) is 3.15. The number of rotatable bonds is 6. The van der Waals surface area contributed by atoms with E-state index in [1.54, 1.807) is 6.92 Å². The average Bonchev–Trinajstić information content (AvgIpc) is 2.93. The molecule has 0 spiro atoms. The second kappa shape index (κ2) is 4.70. The highest BCUT2D eigenvalue weighted by atomic mass is 16.5. The van der Waals surface area contributed by atoms with E-state index in [1.807, 2.05) is 0 Å². The number of aryl methyl sites for hydroxylation is 1. The zero-order valence-electron chi connectivity index (χ0n) is 9.81. The third-order valence-electron chi connectivity index (χ3n) is 2.99. The third-order valence-corrected chi connectivity index (χ3v) is 2.99. The van der Waals surface area contributed by atoms with Gasteiger partial charge in [0.05, 0.1) is 6.54 Å². The second-order valence-electron chi connectivity index (χ2n) is 4.61. The second-order valence-corrected chi connectivity index (χ2v) is 4.61. The Balaban J connectivity index is 1.75. The van der Waals surface area contributed by atoms with Crippen LogP contribution < -0.4 is 11.1 Å². The first kappa shape index (κ1) is 11.8. The van der Waals surface area contributed by atoms with Gasteiger partial charge in [0.25, 0.3) is 0 Å². The van der Waals surface area contributed by atoms with E-state index in [0.29, 0.717) is 24.7 Å². The minimum atomic E-state index is 0.144. The lowest BCUT2D eigenvalue weighted by molar-refractivity contribution is 0.313. The van der Waals surface area contributed by atoms with Crippen molar-refractivity contribution in [1.29, 1.82) is 0 Å². The predicted octanol–water partition coefficient (Wildman–Crippen LogP) is 0.384. The van der Waals surface area contributed by atoms with E-state index in [-0.39, 0.29) is 11.3 Å². The number of amidine groups is 1. The van der Waals surface area contributed by atoms with Crippen LogP contribution in [0, 0.1) is 12.3 Å². The molecular formula is C10H17N5O2. The van der Waals surface area contributed by atoms with Crippen molar-refractivity contribution in [3.05, 3.63) is 11.7 Å². The third kappa shape index (κ3) is 3.16. The molecular weight excluding hydrogens is 222 g/mol. The zero-order chi connectivity index (χ0) is 12.3.